The van der Waals surface area contributed by atoms with Crippen LogP contribution in [0.15, 0.2) is 0 Å². The van der Waals surface area contributed by atoms with Crippen molar-refractivity contribution in [2.75, 3.05) is 32.8 Å². The van der Waals surface area contributed by atoms with E-state index in [2.05, 4.69) is 12.2 Å². The lowest BCUT2D eigenvalue weighted by Gasteiger charge is -2.38. The summed E-state index contributed by atoms with van der Waals surface area (Å²) in [6, 6.07) is -0.102. The van der Waals surface area contributed by atoms with Gasteiger partial charge in [-0.2, -0.15) is 0 Å². The van der Waals surface area contributed by atoms with Crippen molar-refractivity contribution >= 4 is 12.0 Å². The first-order valence-electron chi connectivity index (χ1n) is 6.95. The van der Waals surface area contributed by atoms with Crippen LogP contribution in [-0.4, -0.2) is 54.9 Å². The van der Waals surface area contributed by atoms with Crippen molar-refractivity contribution in [3.8, 4) is 0 Å². The van der Waals surface area contributed by atoms with E-state index in [-0.39, 0.29) is 18.4 Å². The van der Waals surface area contributed by atoms with Crippen molar-refractivity contribution in [3.63, 3.8) is 0 Å². The minimum absolute atomic E-state index is 0.102. The fraction of sp³-hybridized carbons (Fsp3) is 0.846. The molecule has 2 amide bonds. The molecule has 1 aliphatic rings. The highest BCUT2D eigenvalue weighted by molar-refractivity contribution is 5.75. The lowest BCUT2D eigenvalue weighted by Crippen LogP contribution is -2.54. The molecule has 1 saturated heterocycles. The largest absolute Gasteiger partial charge is 0.481 e. The molecular weight excluding hydrogens is 248 g/mol. The summed E-state index contributed by atoms with van der Waals surface area (Å²) >= 11 is 0. The van der Waals surface area contributed by atoms with Crippen molar-refractivity contribution in [2.45, 2.75) is 32.6 Å². The smallest absolute Gasteiger partial charge is 0.317 e. The van der Waals surface area contributed by atoms with E-state index in [1.54, 1.807) is 4.90 Å². The summed E-state index contributed by atoms with van der Waals surface area (Å²) in [5.41, 5.74) is 0. The van der Waals surface area contributed by atoms with Crippen LogP contribution >= 0.6 is 0 Å². The van der Waals surface area contributed by atoms with Crippen LogP contribution in [0.4, 0.5) is 4.79 Å². The molecule has 1 fully saturated rings. The molecule has 1 heterocycles. The summed E-state index contributed by atoms with van der Waals surface area (Å²) < 4.78 is 5.39. The number of carboxylic acids is 1. The zero-order chi connectivity index (χ0) is 14.1. The number of aliphatic carboxylic acids is 1. The molecule has 0 spiro atoms. The molecule has 0 aromatic rings. The van der Waals surface area contributed by atoms with Gasteiger partial charge in [0, 0.05) is 38.8 Å². The number of hydrogen-bond donors (Lipinski definition) is 2. The summed E-state index contributed by atoms with van der Waals surface area (Å²) in [6.07, 6.45) is 3.16. The normalized spacial score (nSPS) is 15.1. The SMILES string of the molecule is CCCCOCCCNC(=O)N1CC(CC(=O)O)C1. The maximum absolute atomic E-state index is 11.6. The van der Waals surface area contributed by atoms with Crippen molar-refractivity contribution in [2.24, 2.45) is 5.92 Å². The van der Waals surface area contributed by atoms with Gasteiger partial charge in [0.25, 0.3) is 0 Å². The first-order chi connectivity index (χ1) is 9.13. The van der Waals surface area contributed by atoms with Gasteiger partial charge in [-0.25, -0.2) is 4.79 Å². The number of unbranched alkanes of at least 4 members (excludes halogenated alkanes) is 1. The third-order valence-electron chi connectivity index (χ3n) is 3.09. The molecule has 0 aromatic carbocycles. The number of carbonyl (C=O) groups is 2. The average Bonchev–Trinajstić information content (AvgIpc) is 2.31. The van der Waals surface area contributed by atoms with Gasteiger partial charge in [-0.1, -0.05) is 13.3 Å². The summed E-state index contributed by atoms with van der Waals surface area (Å²) in [7, 11) is 0. The highest BCUT2D eigenvalue weighted by Gasteiger charge is 2.31. The number of likely N-dealkylation sites (tertiary alicyclic amines) is 1. The predicted octanol–water partition coefficient (Wildman–Crippen LogP) is 1.31. The Morgan fingerprint density at radius 1 is 1.32 bits per heavy atom. The maximum atomic E-state index is 11.6. The Balaban J connectivity index is 1.94. The molecule has 0 saturated carbocycles. The third-order valence-corrected chi connectivity index (χ3v) is 3.09. The first-order valence-corrected chi connectivity index (χ1v) is 6.95. The van der Waals surface area contributed by atoms with E-state index in [0.29, 0.717) is 26.2 Å². The Kier molecular flexibility index (Phi) is 7.25. The number of amides is 2. The van der Waals surface area contributed by atoms with Gasteiger partial charge in [0.15, 0.2) is 0 Å². The first kappa shape index (κ1) is 15.8. The van der Waals surface area contributed by atoms with E-state index in [4.69, 9.17) is 9.84 Å². The summed E-state index contributed by atoms with van der Waals surface area (Å²) in [5.74, 6) is -0.685. The van der Waals surface area contributed by atoms with Crippen molar-refractivity contribution in [1.82, 2.24) is 10.2 Å². The topological polar surface area (TPSA) is 78.9 Å². The third kappa shape index (κ3) is 6.42. The van der Waals surface area contributed by atoms with Gasteiger partial charge in [0.05, 0.1) is 6.42 Å². The van der Waals surface area contributed by atoms with Crippen LogP contribution in [0.3, 0.4) is 0 Å². The molecule has 0 aliphatic carbocycles. The van der Waals surface area contributed by atoms with Gasteiger partial charge in [-0.05, 0) is 12.8 Å². The van der Waals surface area contributed by atoms with Crippen LogP contribution < -0.4 is 5.32 Å². The second kappa shape index (κ2) is 8.74. The Bertz CT molecular complexity index is 290. The van der Waals surface area contributed by atoms with Gasteiger partial charge in [-0.3, -0.25) is 4.79 Å². The van der Waals surface area contributed by atoms with Crippen LogP contribution in [0.5, 0.6) is 0 Å². The van der Waals surface area contributed by atoms with E-state index >= 15 is 0 Å². The van der Waals surface area contributed by atoms with Gasteiger partial charge in [0.2, 0.25) is 0 Å². The fourth-order valence-electron chi connectivity index (χ4n) is 1.94. The molecule has 2 N–H and O–H groups in total. The molecule has 1 rings (SSSR count). The molecule has 19 heavy (non-hydrogen) atoms. The number of hydrogen-bond acceptors (Lipinski definition) is 3. The zero-order valence-corrected chi connectivity index (χ0v) is 11.6. The van der Waals surface area contributed by atoms with Gasteiger partial charge in [0.1, 0.15) is 0 Å². The Hall–Kier alpha value is -1.30. The van der Waals surface area contributed by atoms with Gasteiger partial charge >= 0.3 is 12.0 Å². The Morgan fingerprint density at radius 3 is 2.63 bits per heavy atom. The lowest BCUT2D eigenvalue weighted by molar-refractivity contribution is -0.139. The van der Waals surface area contributed by atoms with E-state index in [1.807, 2.05) is 0 Å². The van der Waals surface area contributed by atoms with Crippen molar-refractivity contribution in [3.05, 3.63) is 0 Å². The average molecular weight is 272 g/mol. The van der Waals surface area contributed by atoms with E-state index in [1.165, 1.54) is 0 Å². The van der Waals surface area contributed by atoms with Crippen LogP contribution in [0, 0.1) is 5.92 Å². The van der Waals surface area contributed by atoms with Crippen molar-refractivity contribution in [1.29, 1.82) is 0 Å². The summed E-state index contributed by atoms with van der Waals surface area (Å²) in [6.45, 7) is 5.27. The van der Waals surface area contributed by atoms with Crippen LogP contribution in [0.1, 0.15) is 32.6 Å². The van der Waals surface area contributed by atoms with Crippen molar-refractivity contribution < 1.29 is 19.4 Å². The van der Waals surface area contributed by atoms with E-state index < -0.39 is 5.97 Å². The molecule has 6 heteroatoms. The lowest BCUT2D eigenvalue weighted by atomic mass is 9.97. The number of carbonyl (C=O) groups excluding carboxylic acids is 1. The van der Waals surface area contributed by atoms with Crippen LogP contribution in [0.2, 0.25) is 0 Å². The highest BCUT2D eigenvalue weighted by Crippen LogP contribution is 2.18. The number of nitrogens with zero attached hydrogens (tertiary/aromatic N) is 1. The molecule has 110 valence electrons. The molecule has 1 aliphatic heterocycles. The standard InChI is InChI=1S/C13H24N2O4/c1-2-3-6-19-7-4-5-14-13(18)15-9-11(10-15)8-12(16)17/h11H,2-10H2,1H3,(H,14,18)(H,16,17). The van der Waals surface area contributed by atoms with Gasteiger partial charge in [-0.15, -0.1) is 0 Å². The number of ether oxygens (including phenoxy) is 1. The zero-order valence-electron chi connectivity index (χ0n) is 11.6. The molecular formula is C13H24N2O4. The second-order valence-corrected chi connectivity index (χ2v) is 4.92. The molecule has 0 radical (unpaired) electrons. The quantitative estimate of drug-likeness (QED) is 0.620. The van der Waals surface area contributed by atoms with E-state index in [9.17, 15) is 9.59 Å². The number of rotatable bonds is 9. The molecule has 6 nitrogen and oxygen atoms in total. The fourth-order valence-corrected chi connectivity index (χ4v) is 1.94. The van der Waals surface area contributed by atoms with Crippen LogP contribution in [-0.2, 0) is 9.53 Å². The Labute approximate surface area is 114 Å². The second-order valence-electron chi connectivity index (χ2n) is 4.92. The van der Waals surface area contributed by atoms with E-state index in [0.717, 1.165) is 25.9 Å². The number of nitrogens with one attached hydrogen (secondary N) is 1. The molecule has 0 atom stereocenters. The minimum atomic E-state index is -0.797. The van der Waals surface area contributed by atoms with Crippen LogP contribution in [0.25, 0.3) is 0 Å². The molecule has 0 aromatic heterocycles. The van der Waals surface area contributed by atoms with Gasteiger partial charge < -0.3 is 20.1 Å². The maximum Gasteiger partial charge on any atom is 0.317 e. The Morgan fingerprint density at radius 2 is 2.00 bits per heavy atom. The predicted molar refractivity (Wildman–Crippen MR) is 71.1 cm³/mol. The highest BCUT2D eigenvalue weighted by atomic mass is 16.5. The summed E-state index contributed by atoms with van der Waals surface area (Å²) in [5, 5.41) is 11.4. The summed E-state index contributed by atoms with van der Waals surface area (Å²) in [4.78, 5) is 23.7. The minimum Gasteiger partial charge on any atom is -0.481 e. The number of urea groups is 1. The molecule has 0 unspecified atom stereocenters. The molecule has 0 bridgehead atoms. The number of carboxylic acid groups (broad SMARTS) is 1. The monoisotopic (exact) mass is 272 g/mol.